The molecular formula is C26H24N4O2. The smallest absolute Gasteiger partial charge is 0.272 e. The van der Waals surface area contributed by atoms with Gasteiger partial charge in [-0.3, -0.25) is 9.59 Å². The molecule has 0 bridgehead atoms. The summed E-state index contributed by atoms with van der Waals surface area (Å²) in [6.07, 6.45) is 0.139. The molecule has 0 spiro atoms. The average molecular weight is 425 g/mol. The van der Waals surface area contributed by atoms with Gasteiger partial charge < -0.3 is 16.0 Å². The van der Waals surface area contributed by atoms with Crippen molar-refractivity contribution in [3.63, 3.8) is 0 Å². The van der Waals surface area contributed by atoms with Crippen molar-refractivity contribution in [3.8, 4) is 0 Å². The van der Waals surface area contributed by atoms with E-state index in [0.29, 0.717) is 18.7 Å². The van der Waals surface area contributed by atoms with E-state index in [9.17, 15) is 9.59 Å². The zero-order chi connectivity index (χ0) is 22.1. The van der Waals surface area contributed by atoms with Crippen LogP contribution >= 0.6 is 0 Å². The lowest BCUT2D eigenvalue weighted by atomic mass is 9.98. The molecule has 3 N–H and O–H groups in total. The third-order valence-electron chi connectivity index (χ3n) is 5.97. The number of aliphatic imine (C=N–C) groups is 1. The average Bonchev–Trinajstić information content (AvgIpc) is 3.22. The van der Waals surface area contributed by atoms with Gasteiger partial charge in [-0.25, -0.2) is 4.99 Å². The summed E-state index contributed by atoms with van der Waals surface area (Å²) in [6.45, 7) is 0.575. The molecule has 3 aromatic carbocycles. The van der Waals surface area contributed by atoms with Crippen LogP contribution in [0.15, 0.2) is 83.9 Å². The Morgan fingerprint density at radius 1 is 1.03 bits per heavy atom. The Morgan fingerprint density at radius 3 is 2.50 bits per heavy atom. The van der Waals surface area contributed by atoms with Gasteiger partial charge in [0.2, 0.25) is 12.1 Å². The highest BCUT2D eigenvalue weighted by Crippen LogP contribution is 2.36. The number of nitrogens with two attached hydrogens (primary N) is 1. The fourth-order valence-electron chi connectivity index (χ4n) is 4.39. The first-order valence-corrected chi connectivity index (χ1v) is 10.8. The van der Waals surface area contributed by atoms with Gasteiger partial charge >= 0.3 is 0 Å². The summed E-state index contributed by atoms with van der Waals surface area (Å²) in [5.74, 6) is -0.629. The van der Waals surface area contributed by atoms with Crippen LogP contribution in [0.3, 0.4) is 0 Å². The molecule has 6 nitrogen and oxygen atoms in total. The summed E-state index contributed by atoms with van der Waals surface area (Å²) < 4.78 is 0. The van der Waals surface area contributed by atoms with E-state index < -0.39 is 18.1 Å². The third-order valence-corrected chi connectivity index (χ3v) is 5.97. The van der Waals surface area contributed by atoms with E-state index >= 15 is 0 Å². The van der Waals surface area contributed by atoms with Gasteiger partial charge in [0.25, 0.3) is 5.91 Å². The van der Waals surface area contributed by atoms with E-state index in [2.05, 4.69) is 5.32 Å². The highest BCUT2D eigenvalue weighted by molar-refractivity contribution is 6.21. The highest BCUT2D eigenvalue weighted by atomic mass is 16.2. The minimum Gasteiger partial charge on any atom is -0.325 e. The van der Waals surface area contributed by atoms with Gasteiger partial charge in [0.1, 0.15) is 0 Å². The predicted molar refractivity (Wildman–Crippen MR) is 125 cm³/mol. The van der Waals surface area contributed by atoms with Crippen molar-refractivity contribution in [1.82, 2.24) is 5.32 Å². The Labute approximate surface area is 186 Å². The van der Waals surface area contributed by atoms with Gasteiger partial charge in [0.15, 0.2) is 0 Å². The number of hydrogen-bond donors (Lipinski definition) is 2. The van der Waals surface area contributed by atoms with E-state index in [1.54, 1.807) is 4.90 Å². The summed E-state index contributed by atoms with van der Waals surface area (Å²) in [4.78, 5) is 32.9. The van der Waals surface area contributed by atoms with Crippen LogP contribution in [0.2, 0.25) is 0 Å². The van der Waals surface area contributed by atoms with E-state index in [1.165, 1.54) is 0 Å². The van der Waals surface area contributed by atoms with Gasteiger partial charge in [0, 0.05) is 17.7 Å². The summed E-state index contributed by atoms with van der Waals surface area (Å²) in [7, 11) is 0. The normalized spacial score (nSPS) is 17.9. The molecule has 2 aliphatic heterocycles. The molecule has 0 aliphatic carbocycles. The molecule has 0 saturated heterocycles. The van der Waals surface area contributed by atoms with Crippen molar-refractivity contribution in [3.05, 3.63) is 101 Å². The molecule has 2 aliphatic rings. The molecule has 2 atom stereocenters. The Balaban J connectivity index is 1.49. The van der Waals surface area contributed by atoms with Crippen LogP contribution in [0.5, 0.6) is 0 Å². The second-order valence-corrected chi connectivity index (χ2v) is 8.10. The van der Waals surface area contributed by atoms with Gasteiger partial charge in [-0.05, 0) is 24.0 Å². The molecule has 3 aromatic rings. The second kappa shape index (κ2) is 8.40. The van der Waals surface area contributed by atoms with Crippen LogP contribution in [0, 0.1) is 0 Å². The largest absolute Gasteiger partial charge is 0.325 e. The number of anilines is 1. The Morgan fingerprint density at radius 2 is 1.75 bits per heavy atom. The lowest BCUT2D eigenvalue weighted by molar-refractivity contribution is -0.128. The summed E-state index contributed by atoms with van der Waals surface area (Å²) in [5.41, 5.74) is 11.7. The zero-order valence-electron chi connectivity index (χ0n) is 17.6. The fraction of sp³-hybridized carbons (Fsp3) is 0.192. The molecule has 0 radical (unpaired) electrons. The number of hydrogen-bond acceptors (Lipinski definition) is 4. The maximum Gasteiger partial charge on any atom is 0.272 e. The van der Waals surface area contributed by atoms with Crippen LogP contribution in [0.25, 0.3) is 0 Å². The lowest BCUT2D eigenvalue weighted by Gasteiger charge is -2.22. The van der Waals surface area contributed by atoms with Crippen molar-refractivity contribution >= 4 is 23.2 Å². The minimum atomic E-state index is -1.03. The van der Waals surface area contributed by atoms with Crippen LogP contribution in [0.1, 0.15) is 22.3 Å². The van der Waals surface area contributed by atoms with Crippen LogP contribution in [-0.2, 0) is 22.4 Å². The first-order valence-electron chi connectivity index (χ1n) is 10.8. The van der Waals surface area contributed by atoms with E-state index in [4.69, 9.17) is 10.7 Å². The second-order valence-electron chi connectivity index (χ2n) is 8.10. The standard InChI is InChI=1S/C26H24N4O2/c27-21(16-17-8-3-1-4-9-17)25(31)29-24-26(32)30-15-14-19-12-7-13-20(23(19)30)22(28-24)18-10-5-2-6-11-18/h1-13,21,24H,14-16,27H2,(H,29,31)/t21-,24+/m0/s1. The Bertz CT molecular complexity index is 1190. The number of nitrogens with one attached hydrogen (secondary N) is 1. The SMILES string of the molecule is N[C@@H](Cc1ccccc1)C(=O)N[C@H]1N=C(c2ccccc2)c2cccc3c2N(CC3)C1=O. The van der Waals surface area contributed by atoms with Gasteiger partial charge in [-0.15, -0.1) is 0 Å². The summed E-state index contributed by atoms with van der Waals surface area (Å²) >= 11 is 0. The number of rotatable bonds is 5. The number of carbonyl (C=O) groups excluding carboxylic acids is 2. The zero-order valence-corrected chi connectivity index (χ0v) is 17.6. The molecule has 160 valence electrons. The van der Waals surface area contributed by atoms with Crippen LogP contribution in [0.4, 0.5) is 5.69 Å². The van der Waals surface area contributed by atoms with Crippen molar-refractivity contribution in [2.24, 2.45) is 10.7 Å². The van der Waals surface area contributed by atoms with E-state index in [1.807, 2.05) is 78.9 Å². The first-order chi connectivity index (χ1) is 15.6. The third kappa shape index (κ3) is 3.69. The van der Waals surface area contributed by atoms with Crippen molar-refractivity contribution in [1.29, 1.82) is 0 Å². The van der Waals surface area contributed by atoms with Gasteiger partial charge in [-0.2, -0.15) is 0 Å². The number of amides is 2. The van der Waals surface area contributed by atoms with Crippen molar-refractivity contribution in [2.45, 2.75) is 25.0 Å². The molecule has 6 heteroatoms. The quantitative estimate of drug-likeness (QED) is 0.660. The maximum atomic E-state index is 13.4. The predicted octanol–water partition coefficient (Wildman–Crippen LogP) is 2.44. The molecule has 0 saturated carbocycles. The lowest BCUT2D eigenvalue weighted by Crippen LogP contribution is -2.52. The minimum absolute atomic E-state index is 0.234. The summed E-state index contributed by atoms with van der Waals surface area (Å²) in [6, 6.07) is 24.6. The highest BCUT2D eigenvalue weighted by Gasteiger charge is 2.37. The first kappa shape index (κ1) is 20.2. The maximum absolute atomic E-state index is 13.4. The fourth-order valence-corrected chi connectivity index (χ4v) is 4.39. The van der Waals surface area contributed by atoms with E-state index in [0.717, 1.165) is 34.4 Å². The number of para-hydroxylation sites is 1. The number of nitrogens with zero attached hydrogens (tertiary/aromatic N) is 2. The van der Waals surface area contributed by atoms with Crippen molar-refractivity contribution < 1.29 is 9.59 Å². The Kier molecular flexibility index (Phi) is 5.29. The van der Waals surface area contributed by atoms with Crippen molar-refractivity contribution in [2.75, 3.05) is 11.4 Å². The molecular weight excluding hydrogens is 400 g/mol. The molecule has 2 amide bonds. The molecule has 32 heavy (non-hydrogen) atoms. The topological polar surface area (TPSA) is 87.8 Å². The number of carbonyl (C=O) groups is 2. The van der Waals surface area contributed by atoms with Crippen LogP contribution < -0.4 is 16.0 Å². The molecule has 0 aromatic heterocycles. The van der Waals surface area contributed by atoms with Gasteiger partial charge in [0.05, 0.1) is 17.4 Å². The molecule has 0 fully saturated rings. The Hall–Kier alpha value is -3.77. The van der Waals surface area contributed by atoms with Gasteiger partial charge in [-0.1, -0.05) is 78.9 Å². The monoisotopic (exact) mass is 424 g/mol. The van der Waals surface area contributed by atoms with Crippen LogP contribution in [-0.4, -0.2) is 36.3 Å². The number of benzene rings is 3. The molecule has 2 heterocycles. The summed E-state index contributed by atoms with van der Waals surface area (Å²) in [5, 5.41) is 2.81. The van der Waals surface area contributed by atoms with E-state index in [-0.39, 0.29) is 5.91 Å². The molecule has 0 unspecified atom stereocenters. The molecule has 5 rings (SSSR count).